The van der Waals surface area contributed by atoms with Crippen molar-refractivity contribution in [3.8, 4) is 11.1 Å². The number of unbranched alkanes of at least 4 members (excludes halogenated alkanes) is 1. The fourth-order valence-electron chi connectivity index (χ4n) is 5.49. The highest BCUT2D eigenvalue weighted by atomic mass is 16.5. The van der Waals surface area contributed by atoms with E-state index in [4.69, 9.17) is 4.74 Å². The van der Waals surface area contributed by atoms with Crippen LogP contribution in [-0.4, -0.2) is 41.8 Å². The monoisotopic (exact) mass is 478 g/mol. The van der Waals surface area contributed by atoms with Crippen LogP contribution >= 0.6 is 0 Å². The van der Waals surface area contributed by atoms with Crippen molar-refractivity contribution in [2.75, 3.05) is 13.2 Å². The standard InChI is InChI=1S/C28H34N2O5/c1-19-9-8-15-28(17-19,26(32)33)30-25(31)14-6-7-16-29-27(34)35-18-24-22-12-4-2-10-20(22)21-11-3-5-13-23(21)24/h2-5,10-13,19,24H,6-9,14-18H2,1H3,(H,29,34)(H,30,31)(H,32,33). The number of carboxylic acids is 1. The molecule has 35 heavy (non-hydrogen) atoms. The van der Waals surface area contributed by atoms with Crippen molar-refractivity contribution in [1.29, 1.82) is 0 Å². The maximum absolute atomic E-state index is 12.4. The number of nitrogens with one attached hydrogen (secondary N) is 2. The highest BCUT2D eigenvalue weighted by Gasteiger charge is 2.43. The van der Waals surface area contributed by atoms with Crippen molar-refractivity contribution in [3.05, 3.63) is 59.7 Å². The Bertz CT molecular complexity index is 1040. The minimum atomic E-state index is -1.14. The lowest BCUT2D eigenvalue weighted by molar-refractivity contribution is -0.150. The van der Waals surface area contributed by atoms with E-state index in [-0.39, 0.29) is 30.8 Å². The molecule has 7 nitrogen and oxygen atoms in total. The average molecular weight is 479 g/mol. The Hall–Kier alpha value is -3.35. The molecule has 0 bridgehead atoms. The first-order valence-corrected chi connectivity index (χ1v) is 12.5. The molecule has 0 spiro atoms. The third-order valence-electron chi connectivity index (χ3n) is 7.23. The summed E-state index contributed by atoms with van der Waals surface area (Å²) in [6.07, 6.45) is 3.66. The highest BCUT2D eigenvalue weighted by molar-refractivity contribution is 5.87. The van der Waals surface area contributed by atoms with Gasteiger partial charge in [-0.25, -0.2) is 9.59 Å². The second kappa shape index (κ2) is 10.9. The second-order valence-corrected chi connectivity index (χ2v) is 9.85. The SMILES string of the molecule is CC1CCCC(NC(=O)CCCCNC(=O)OCC2c3ccccc3-c3ccccc32)(C(=O)O)C1. The first-order valence-electron chi connectivity index (χ1n) is 12.5. The summed E-state index contributed by atoms with van der Waals surface area (Å²) < 4.78 is 5.52. The number of aliphatic carboxylic acids is 1. The molecule has 2 aromatic rings. The van der Waals surface area contributed by atoms with Gasteiger partial charge >= 0.3 is 12.1 Å². The lowest BCUT2D eigenvalue weighted by atomic mass is 9.76. The van der Waals surface area contributed by atoms with E-state index in [1.54, 1.807) is 0 Å². The van der Waals surface area contributed by atoms with Crippen molar-refractivity contribution in [2.24, 2.45) is 5.92 Å². The van der Waals surface area contributed by atoms with Crippen LogP contribution in [0.3, 0.4) is 0 Å². The molecule has 0 heterocycles. The van der Waals surface area contributed by atoms with Crippen LogP contribution < -0.4 is 10.6 Å². The summed E-state index contributed by atoms with van der Waals surface area (Å²) in [4.78, 5) is 36.5. The van der Waals surface area contributed by atoms with Crippen molar-refractivity contribution in [1.82, 2.24) is 10.6 Å². The van der Waals surface area contributed by atoms with Crippen LogP contribution in [0.1, 0.15) is 68.9 Å². The van der Waals surface area contributed by atoms with E-state index in [1.165, 1.54) is 22.3 Å². The number of hydrogen-bond donors (Lipinski definition) is 3. The molecular formula is C28H34N2O5. The number of ether oxygens (including phenoxy) is 1. The van der Waals surface area contributed by atoms with Crippen molar-refractivity contribution in [2.45, 2.75) is 63.3 Å². The molecule has 2 amide bonds. The first kappa shape index (κ1) is 24.8. The van der Waals surface area contributed by atoms with E-state index in [2.05, 4.69) is 34.9 Å². The Kier molecular flexibility index (Phi) is 7.73. The Labute approximate surface area is 206 Å². The molecule has 0 aliphatic heterocycles. The molecule has 2 aliphatic carbocycles. The summed E-state index contributed by atoms with van der Waals surface area (Å²) in [5, 5.41) is 15.2. The van der Waals surface area contributed by atoms with Crippen molar-refractivity contribution >= 4 is 18.0 Å². The Morgan fingerprint density at radius 2 is 1.69 bits per heavy atom. The van der Waals surface area contributed by atoms with E-state index >= 15 is 0 Å². The van der Waals surface area contributed by atoms with Gasteiger partial charge in [-0.1, -0.05) is 68.3 Å². The van der Waals surface area contributed by atoms with E-state index < -0.39 is 17.6 Å². The molecule has 2 unspecified atom stereocenters. The van der Waals surface area contributed by atoms with Crippen LogP contribution in [0.2, 0.25) is 0 Å². The topological polar surface area (TPSA) is 105 Å². The molecule has 4 rings (SSSR count). The third-order valence-corrected chi connectivity index (χ3v) is 7.23. The lowest BCUT2D eigenvalue weighted by Crippen LogP contribution is -2.56. The zero-order valence-electron chi connectivity index (χ0n) is 20.2. The lowest BCUT2D eigenvalue weighted by Gasteiger charge is -2.37. The molecule has 7 heteroatoms. The number of carbonyl (C=O) groups is 3. The largest absolute Gasteiger partial charge is 0.480 e. The molecule has 2 atom stereocenters. The molecule has 0 saturated heterocycles. The van der Waals surface area contributed by atoms with Gasteiger partial charge in [0, 0.05) is 18.9 Å². The number of hydrogen-bond acceptors (Lipinski definition) is 4. The summed E-state index contributed by atoms with van der Waals surface area (Å²) in [7, 11) is 0. The van der Waals surface area contributed by atoms with E-state index in [9.17, 15) is 19.5 Å². The highest BCUT2D eigenvalue weighted by Crippen LogP contribution is 2.44. The smallest absolute Gasteiger partial charge is 0.407 e. The molecular weight excluding hydrogens is 444 g/mol. The number of fused-ring (bicyclic) bond motifs is 3. The van der Waals surface area contributed by atoms with Gasteiger partial charge in [0.2, 0.25) is 5.91 Å². The number of benzene rings is 2. The van der Waals surface area contributed by atoms with Gasteiger partial charge in [-0.05, 0) is 53.9 Å². The van der Waals surface area contributed by atoms with Gasteiger partial charge in [0.15, 0.2) is 0 Å². The Balaban J connectivity index is 1.18. The van der Waals surface area contributed by atoms with Gasteiger partial charge in [0.1, 0.15) is 12.1 Å². The maximum atomic E-state index is 12.4. The zero-order chi connectivity index (χ0) is 24.8. The minimum absolute atomic E-state index is 0.0147. The van der Waals surface area contributed by atoms with Gasteiger partial charge in [-0.15, -0.1) is 0 Å². The van der Waals surface area contributed by atoms with Crippen LogP contribution in [0.5, 0.6) is 0 Å². The van der Waals surface area contributed by atoms with Gasteiger partial charge in [-0.2, -0.15) is 0 Å². The number of carboxylic acid groups (broad SMARTS) is 1. The molecule has 1 saturated carbocycles. The third kappa shape index (κ3) is 5.66. The quantitative estimate of drug-likeness (QED) is 0.447. The normalized spacial score (nSPS) is 21.0. The molecule has 0 aromatic heterocycles. The molecule has 2 aliphatic rings. The molecule has 1 fully saturated rings. The minimum Gasteiger partial charge on any atom is -0.480 e. The predicted octanol–water partition coefficient (Wildman–Crippen LogP) is 4.85. The summed E-state index contributed by atoms with van der Waals surface area (Å²) in [5.74, 6) is -0.903. The summed E-state index contributed by atoms with van der Waals surface area (Å²) in [6.45, 7) is 2.68. The zero-order valence-corrected chi connectivity index (χ0v) is 20.2. The summed E-state index contributed by atoms with van der Waals surface area (Å²) >= 11 is 0. The second-order valence-electron chi connectivity index (χ2n) is 9.85. The van der Waals surface area contributed by atoms with Gasteiger partial charge in [0.25, 0.3) is 0 Å². The molecule has 0 radical (unpaired) electrons. The Morgan fingerprint density at radius 1 is 1.03 bits per heavy atom. The van der Waals surface area contributed by atoms with Gasteiger partial charge in [-0.3, -0.25) is 4.79 Å². The van der Waals surface area contributed by atoms with E-state index in [0.29, 0.717) is 32.2 Å². The average Bonchev–Trinajstić information content (AvgIpc) is 3.16. The Morgan fingerprint density at radius 3 is 2.31 bits per heavy atom. The van der Waals surface area contributed by atoms with Crippen LogP contribution in [0.15, 0.2) is 48.5 Å². The van der Waals surface area contributed by atoms with Crippen molar-refractivity contribution in [3.63, 3.8) is 0 Å². The number of alkyl carbamates (subject to hydrolysis) is 1. The maximum Gasteiger partial charge on any atom is 0.407 e. The van der Waals surface area contributed by atoms with Crippen molar-refractivity contribution < 1.29 is 24.2 Å². The summed E-state index contributed by atoms with van der Waals surface area (Å²) in [5.41, 5.74) is 3.55. The van der Waals surface area contributed by atoms with Crippen LogP contribution in [0.25, 0.3) is 11.1 Å². The fraction of sp³-hybridized carbons (Fsp3) is 0.464. The van der Waals surface area contributed by atoms with Gasteiger partial charge in [0.05, 0.1) is 0 Å². The first-order chi connectivity index (χ1) is 16.9. The van der Waals surface area contributed by atoms with E-state index in [0.717, 1.165) is 12.8 Å². The number of amides is 2. The molecule has 186 valence electrons. The molecule has 2 aromatic carbocycles. The van der Waals surface area contributed by atoms with Crippen LogP contribution in [0.4, 0.5) is 4.79 Å². The fourth-order valence-corrected chi connectivity index (χ4v) is 5.49. The number of carbonyl (C=O) groups excluding carboxylic acids is 2. The van der Waals surface area contributed by atoms with Crippen LogP contribution in [0, 0.1) is 5.92 Å². The number of rotatable bonds is 9. The van der Waals surface area contributed by atoms with E-state index in [1.807, 2.05) is 31.2 Å². The predicted molar refractivity (Wildman–Crippen MR) is 133 cm³/mol. The van der Waals surface area contributed by atoms with Gasteiger partial charge < -0.3 is 20.5 Å². The van der Waals surface area contributed by atoms with Crippen LogP contribution in [-0.2, 0) is 14.3 Å². The molecule has 3 N–H and O–H groups in total. The summed E-state index contributed by atoms with van der Waals surface area (Å²) in [6, 6.07) is 16.4.